The fraction of sp³-hybridized carbons (Fsp3) is 0.364. The summed E-state index contributed by atoms with van der Waals surface area (Å²) in [7, 11) is 0. The maximum atomic E-state index is 13.5. The maximum Gasteiger partial charge on any atom is 0.243 e. The lowest BCUT2D eigenvalue weighted by Crippen LogP contribution is -2.35. The minimum atomic E-state index is -0.860. The third-order valence-electron chi connectivity index (χ3n) is 4.86. The van der Waals surface area contributed by atoms with Crippen LogP contribution in [0.25, 0.3) is 5.57 Å². The summed E-state index contributed by atoms with van der Waals surface area (Å²) < 4.78 is 18.9. The SMILES string of the molecule is CC(C)CN1C=C2CC(=O)C(OCC(N)=O)C=C2C(c2ccc(F)cc2)=C1CN.Cl. The number of hydrogen-bond donors (Lipinski definition) is 2. The van der Waals surface area contributed by atoms with Crippen LogP contribution in [-0.4, -0.2) is 42.4 Å². The van der Waals surface area contributed by atoms with Gasteiger partial charge in [0.25, 0.3) is 0 Å². The molecule has 1 atom stereocenters. The standard InChI is InChI=1S/C22H26FN3O3.ClH/c1-13(2)10-26-11-15-7-19(27)20(29-12-21(25)28)8-17(15)22(18(26)9-24)14-3-5-16(23)6-4-14;/h3-6,8,11,13,20H,7,9-10,12,24H2,1-2H3,(H2,25,28);1H. The topological polar surface area (TPSA) is 98.6 Å². The van der Waals surface area contributed by atoms with Gasteiger partial charge in [0, 0.05) is 37.0 Å². The van der Waals surface area contributed by atoms with Gasteiger partial charge in [-0.3, -0.25) is 9.59 Å². The number of nitrogens with zero attached hydrogens (tertiary/aromatic N) is 1. The van der Waals surface area contributed by atoms with Gasteiger partial charge < -0.3 is 21.1 Å². The molecule has 162 valence electrons. The van der Waals surface area contributed by atoms with E-state index in [9.17, 15) is 14.0 Å². The van der Waals surface area contributed by atoms with Crippen molar-refractivity contribution in [1.29, 1.82) is 0 Å². The third kappa shape index (κ3) is 5.16. The summed E-state index contributed by atoms with van der Waals surface area (Å²) in [5.41, 5.74) is 15.5. The van der Waals surface area contributed by atoms with E-state index in [4.69, 9.17) is 16.2 Å². The van der Waals surface area contributed by atoms with Crippen LogP contribution >= 0.6 is 12.4 Å². The summed E-state index contributed by atoms with van der Waals surface area (Å²) in [4.78, 5) is 25.7. The van der Waals surface area contributed by atoms with Crippen LogP contribution in [0.2, 0.25) is 0 Å². The molecule has 0 aromatic heterocycles. The van der Waals surface area contributed by atoms with Crippen molar-refractivity contribution in [2.24, 2.45) is 17.4 Å². The van der Waals surface area contributed by atoms with Crippen LogP contribution in [0.1, 0.15) is 25.8 Å². The van der Waals surface area contributed by atoms with Gasteiger partial charge in [0.15, 0.2) is 5.78 Å². The van der Waals surface area contributed by atoms with Gasteiger partial charge in [0.1, 0.15) is 18.5 Å². The van der Waals surface area contributed by atoms with Gasteiger partial charge in [-0.05, 0) is 40.8 Å². The predicted octanol–water partition coefficient (Wildman–Crippen LogP) is 2.54. The third-order valence-corrected chi connectivity index (χ3v) is 4.86. The van der Waals surface area contributed by atoms with Gasteiger partial charge in [0.2, 0.25) is 5.91 Å². The number of halogens is 2. The molecule has 2 aliphatic rings. The Morgan fingerprint density at radius 2 is 1.97 bits per heavy atom. The van der Waals surface area contributed by atoms with E-state index in [2.05, 4.69) is 18.7 Å². The van der Waals surface area contributed by atoms with Crippen molar-refractivity contribution in [3.8, 4) is 0 Å². The van der Waals surface area contributed by atoms with Crippen molar-refractivity contribution in [2.75, 3.05) is 19.7 Å². The molecule has 1 amide bonds. The van der Waals surface area contributed by atoms with Gasteiger partial charge in [-0.2, -0.15) is 0 Å². The number of carbonyl (C=O) groups excluding carboxylic acids is 2. The number of primary amides is 1. The lowest BCUT2D eigenvalue weighted by molar-refractivity contribution is -0.132. The Morgan fingerprint density at radius 1 is 1.30 bits per heavy atom. The number of ketones is 1. The van der Waals surface area contributed by atoms with E-state index in [0.29, 0.717) is 5.92 Å². The highest BCUT2D eigenvalue weighted by molar-refractivity contribution is 5.97. The number of fused-ring (bicyclic) bond motifs is 1. The lowest BCUT2D eigenvalue weighted by atomic mass is 9.81. The summed E-state index contributed by atoms with van der Waals surface area (Å²) in [5, 5.41) is 0. The molecule has 1 aliphatic carbocycles. The average molecular weight is 436 g/mol. The summed E-state index contributed by atoms with van der Waals surface area (Å²) >= 11 is 0. The Bertz CT molecular complexity index is 907. The molecule has 1 unspecified atom stereocenters. The van der Waals surface area contributed by atoms with Crippen molar-refractivity contribution < 1.29 is 18.7 Å². The Balaban J connectivity index is 0.00000320. The van der Waals surface area contributed by atoms with Crippen molar-refractivity contribution >= 4 is 29.7 Å². The van der Waals surface area contributed by atoms with E-state index in [-0.39, 0.29) is 43.6 Å². The van der Waals surface area contributed by atoms with Crippen LogP contribution in [0.4, 0.5) is 4.39 Å². The molecule has 30 heavy (non-hydrogen) atoms. The van der Waals surface area contributed by atoms with Crippen LogP contribution in [0.5, 0.6) is 0 Å². The molecule has 6 nitrogen and oxygen atoms in total. The average Bonchev–Trinajstić information content (AvgIpc) is 2.65. The van der Waals surface area contributed by atoms with E-state index in [1.807, 2.05) is 6.20 Å². The molecule has 1 aromatic rings. The molecule has 0 fully saturated rings. The first kappa shape index (κ1) is 23.8. The van der Waals surface area contributed by atoms with Crippen LogP contribution in [0.15, 0.2) is 53.4 Å². The highest BCUT2D eigenvalue weighted by Crippen LogP contribution is 2.41. The number of ether oxygens (including phenoxy) is 1. The number of amides is 1. The highest BCUT2D eigenvalue weighted by atomic mass is 35.5. The number of allylic oxidation sites excluding steroid dienone is 3. The number of rotatable bonds is 7. The fourth-order valence-corrected chi connectivity index (χ4v) is 3.69. The van der Waals surface area contributed by atoms with Gasteiger partial charge in [0.05, 0.1) is 0 Å². The molecular formula is C22H27ClFN3O3. The van der Waals surface area contributed by atoms with Crippen LogP contribution in [0.3, 0.4) is 0 Å². The zero-order valence-corrected chi connectivity index (χ0v) is 17.9. The van der Waals surface area contributed by atoms with Crippen molar-refractivity contribution in [1.82, 2.24) is 4.90 Å². The van der Waals surface area contributed by atoms with Gasteiger partial charge in [-0.15, -0.1) is 12.4 Å². The molecule has 0 saturated carbocycles. The Labute approximate surface area is 181 Å². The lowest BCUT2D eigenvalue weighted by Gasteiger charge is -2.36. The second-order valence-electron chi connectivity index (χ2n) is 7.65. The Kier molecular flexibility index (Phi) is 7.95. The van der Waals surface area contributed by atoms with E-state index in [1.54, 1.807) is 18.2 Å². The molecular weight excluding hydrogens is 409 g/mol. The van der Waals surface area contributed by atoms with Crippen LogP contribution < -0.4 is 11.5 Å². The first-order valence-corrected chi connectivity index (χ1v) is 9.61. The molecule has 4 N–H and O–H groups in total. The van der Waals surface area contributed by atoms with Crippen molar-refractivity contribution in [3.63, 3.8) is 0 Å². The Hall–Kier alpha value is -2.48. The normalized spacial score (nSPS) is 18.6. The van der Waals surface area contributed by atoms with Crippen LogP contribution in [-0.2, 0) is 14.3 Å². The largest absolute Gasteiger partial charge is 0.368 e. The van der Waals surface area contributed by atoms with Crippen molar-refractivity contribution in [2.45, 2.75) is 26.4 Å². The molecule has 0 radical (unpaired) electrons. The van der Waals surface area contributed by atoms with E-state index in [1.165, 1.54) is 12.1 Å². The summed E-state index contributed by atoms with van der Waals surface area (Å²) in [6.07, 6.45) is 2.98. The van der Waals surface area contributed by atoms with E-state index in [0.717, 1.165) is 34.5 Å². The number of hydrogen-bond acceptors (Lipinski definition) is 5. The molecule has 1 aliphatic heterocycles. The molecule has 0 bridgehead atoms. The predicted molar refractivity (Wildman–Crippen MR) is 116 cm³/mol. The van der Waals surface area contributed by atoms with Gasteiger partial charge in [-0.1, -0.05) is 26.0 Å². The fourth-order valence-electron chi connectivity index (χ4n) is 3.69. The summed E-state index contributed by atoms with van der Waals surface area (Å²) in [6.45, 7) is 4.90. The monoisotopic (exact) mass is 435 g/mol. The number of carbonyl (C=O) groups is 2. The second kappa shape index (κ2) is 10.0. The maximum absolute atomic E-state index is 13.5. The number of Topliss-reactive ketones (excluding diaryl/α,β-unsaturated/α-hetero) is 1. The van der Waals surface area contributed by atoms with Gasteiger partial charge in [-0.25, -0.2) is 4.39 Å². The Morgan fingerprint density at radius 3 is 2.53 bits per heavy atom. The van der Waals surface area contributed by atoms with E-state index >= 15 is 0 Å². The quantitative estimate of drug-likeness (QED) is 0.685. The number of nitrogens with two attached hydrogens (primary N) is 2. The zero-order valence-electron chi connectivity index (χ0n) is 17.1. The molecule has 1 aromatic carbocycles. The molecule has 0 saturated heterocycles. The van der Waals surface area contributed by atoms with E-state index < -0.39 is 12.0 Å². The summed E-state index contributed by atoms with van der Waals surface area (Å²) in [6, 6.07) is 6.20. The number of benzene rings is 1. The highest BCUT2D eigenvalue weighted by Gasteiger charge is 2.33. The van der Waals surface area contributed by atoms with Crippen molar-refractivity contribution in [3.05, 3.63) is 64.8 Å². The molecule has 3 rings (SSSR count). The molecule has 8 heteroatoms. The van der Waals surface area contributed by atoms with Crippen LogP contribution in [0, 0.1) is 11.7 Å². The molecule has 1 heterocycles. The zero-order chi connectivity index (χ0) is 21.1. The molecule has 0 spiro atoms. The minimum Gasteiger partial charge on any atom is -0.368 e. The summed E-state index contributed by atoms with van der Waals surface area (Å²) in [5.74, 6) is -0.731. The van der Waals surface area contributed by atoms with Gasteiger partial charge >= 0.3 is 0 Å². The first-order valence-electron chi connectivity index (χ1n) is 9.61. The smallest absolute Gasteiger partial charge is 0.243 e. The second-order valence-corrected chi connectivity index (χ2v) is 7.65. The first-order chi connectivity index (χ1) is 13.8. The minimum absolute atomic E-state index is 0.